The molecule has 2 aromatic rings. The fraction of sp³-hybridized carbons (Fsp3) is 0.364. The van der Waals surface area contributed by atoms with E-state index in [9.17, 15) is 9.59 Å². The molecule has 148 valence electrons. The Morgan fingerprint density at radius 1 is 1.11 bits per heavy atom. The quantitative estimate of drug-likeness (QED) is 0.693. The second-order valence-electron chi connectivity index (χ2n) is 6.94. The summed E-state index contributed by atoms with van der Waals surface area (Å²) < 4.78 is 5.66. The molecule has 0 spiro atoms. The number of carbonyl (C=O) groups is 2. The molecule has 3 rings (SSSR count). The van der Waals surface area contributed by atoms with Crippen LogP contribution in [0.4, 0.5) is 5.69 Å². The lowest BCUT2D eigenvalue weighted by Crippen LogP contribution is -2.33. The zero-order valence-electron chi connectivity index (χ0n) is 16.3. The van der Waals surface area contributed by atoms with Gasteiger partial charge >= 0.3 is 0 Å². The molecular formula is C22H26N2O3S. The molecule has 1 saturated heterocycles. The maximum Gasteiger partial charge on any atom is 0.252 e. The topological polar surface area (TPSA) is 67.4 Å². The van der Waals surface area contributed by atoms with Gasteiger partial charge in [-0.15, -0.1) is 11.8 Å². The third kappa shape index (κ3) is 5.36. The van der Waals surface area contributed by atoms with Crippen molar-refractivity contribution >= 4 is 29.3 Å². The van der Waals surface area contributed by atoms with Gasteiger partial charge in [0.15, 0.2) is 0 Å². The van der Waals surface area contributed by atoms with E-state index in [0.29, 0.717) is 5.56 Å². The summed E-state index contributed by atoms with van der Waals surface area (Å²) in [5.74, 6) is 0.347. The molecule has 1 fully saturated rings. The Morgan fingerprint density at radius 3 is 2.57 bits per heavy atom. The van der Waals surface area contributed by atoms with Crippen molar-refractivity contribution in [2.24, 2.45) is 0 Å². The number of benzene rings is 2. The second-order valence-corrected chi connectivity index (χ2v) is 8.00. The van der Waals surface area contributed by atoms with Gasteiger partial charge < -0.3 is 15.4 Å². The normalized spacial score (nSPS) is 16.0. The number of hydrogen-bond donors (Lipinski definition) is 2. The highest BCUT2D eigenvalue weighted by Gasteiger charge is 2.18. The first kappa shape index (κ1) is 20.4. The lowest BCUT2D eigenvalue weighted by atomic mass is 10.1. The second kappa shape index (κ2) is 9.75. The Hall–Kier alpha value is -2.31. The Bertz CT molecular complexity index is 827. The van der Waals surface area contributed by atoms with Gasteiger partial charge in [0, 0.05) is 22.9 Å². The van der Waals surface area contributed by atoms with Gasteiger partial charge in [-0.05, 0) is 49.9 Å². The zero-order chi connectivity index (χ0) is 19.9. The number of ether oxygens (including phenoxy) is 1. The third-order valence-electron chi connectivity index (χ3n) is 4.74. The van der Waals surface area contributed by atoms with Gasteiger partial charge in [0.1, 0.15) is 0 Å². The predicted molar refractivity (Wildman–Crippen MR) is 113 cm³/mol. The Morgan fingerprint density at radius 2 is 1.86 bits per heavy atom. The molecule has 1 heterocycles. The van der Waals surface area contributed by atoms with Crippen LogP contribution in [0.3, 0.4) is 0 Å². The van der Waals surface area contributed by atoms with Crippen LogP contribution in [0, 0.1) is 13.8 Å². The average molecular weight is 399 g/mol. The number of amides is 2. The smallest absolute Gasteiger partial charge is 0.252 e. The Labute approximate surface area is 170 Å². The molecule has 1 atom stereocenters. The standard InChI is InChI=1S/C22H26N2O3S/c1-15-7-5-8-16(2)21(15)24-20(25)13-23-22(26)18-10-3-4-11-19(18)28-14-17-9-6-12-27-17/h3-5,7-8,10-11,17H,6,9,12-14H2,1-2H3,(H,23,26)(H,24,25). The molecule has 0 radical (unpaired) electrons. The highest BCUT2D eigenvalue weighted by Crippen LogP contribution is 2.26. The molecule has 0 aromatic heterocycles. The summed E-state index contributed by atoms with van der Waals surface area (Å²) >= 11 is 1.63. The molecule has 2 N–H and O–H groups in total. The Kier molecular flexibility index (Phi) is 7.12. The number of anilines is 1. The fourth-order valence-corrected chi connectivity index (χ4v) is 4.31. The number of rotatable bonds is 7. The van der Waals surface area contributed by atoms with Crippen molar-refractivity contribution < 1.29 is 14.3 Å². The minimum atomic E-state index is -0.243. The highest BCUT2D eigenvalue weighted by atomic mass is 32.2. The minimum absolute atomic E-state index is 0.0721. The van der Waals surface area contributed by atoms with Gasteiger partial charge in [0.25, 0.3) is 5.91 Å². The first-order valence-electron chi connectivity index (χ1n) is 9.52. The highest BCUT2D eigenvalue weighted by molar-refractivity contribution is 7.99. The predicted octanol–water partition coefficient (Wildman–Crippen LogP) is 3.94. The monoisotopic (exact) mass is 398 g/mol. The molecule has 1 aliphatic heterocycles. The van der Waals surface area contributed by atoms with Crippen molar-refractivity contribution in [3.8, 4) is 0 Å². The maximum absolute atomic E-state index is 12.6. The zero-order valence-corrected chi connectivity index (χ0v) is 17.1. The van der Waals surface area contributed by atoms with Crippen molar-refractivity contribution in [2.75, 3.05) is 24.2 Å². The number of carbonyl (C=O) groups excluding carboxylic acids is 2. The number of aryl methyl sites for hydroxylation is 2. The van der Waals surface area contributed by atoms with Gasteiger partial charge in [0.2, 0.25) is 5.91 Å². The maximum atomic E-state index is 12.6. The van der Waals surface area contributed by atoms with Crippen molar-refractivity contribution in [2.45, 2.75) is 37.7 Å². The molecule has 1 unspecified atom stereocenters. The van der Waals surface area contributed by atoms with Crippen LogP contribution in [0.2, 0.25) is 0 Å². The molecule has 28 heavy (non-hydrogen) atoms. The first-order valence-corrected chi connectivity index (χ1v) is 10.5. The van der Waals surface area contributed by atoms with Crippen LogP contribution in [-0.4, -0.2) is 36.8 Å². The summed E-state index contributed by atoms with van der Waals surface area (Å²) in [5.41, 5.74) is 3.38. The summed E-state index contributed by atoms with van der Waals surface area (Å²) in [6, 6.07) is 13.3. The van der Waals surface area contributed by atoms with Gasteiger partial charge in [-0.2, -0.15) is 0 Å². The van der Waals surface area contributed by atoms with Crippen LogP contribution in [-0.2, 0) is 9.53 Å². The fourth-order valence-electron chi connectivity index (χ4n) is 3.19. The average Bonchev–Trinajstić information content (AvgIpc) is 3.21. The summed E-state index contributed by atoms with van der Waals surface area (Å²) in [7, 11) is 0. The van der Waals surface area contributed by atoms with Crippen LogP contribution in [0.25, 0.3) is 0 Å². The van der Waals surface area contributed by atoms with Gasteiger partial charge in [-0.25, -0.2) is 0 Å². The minimum Gasteiger partial charge on any atom is -0.377 e. The molecule has 2 amide bonds. The molecule has 2 aromatic carbocycles. The Balaban J connectivity index is 1.56. The van der Waals surface area contributed by atoms with Crippen molar-refractivity contribution in [1.82, 2.24) is 5.32 Å². The number of para-hydroxylation sites is 1. The molecule has 5 nitrogen and oxygen atoms in total. The van der Waals surface area contributed by atoms with E-state index in [1.807, 2.05) is 50.2 Å². The van der Waals surface area contributed by atoms with Gasteiger partial charge in [-0.3, -0.25) is 9.59 Å². The van der Waals surface area contributed by atoms with Crippen LogP contribution in [0.1, 0.15) is 34.3 Å². The van der Waals surface area contributed by atoms with Gasteiger partial charge in [0.05, 0.1) is 18.2 Å². The molecule has 0 saturated carbocycles. The molecule has 0 aliphatic carbocycles. The lowest BCUT2D eigenvalue weighted by molar-refractivity contribution is -0.115. The molecular weight excluding hydrogens is 372 g/mol. The van der Waals surface area contributed by atoms with E-state index in [4.69, 9.17) is 4.74 Å². The largest absolute Gasteiger partial charge is 0.377 e. The van der Waals surface area contributed by atoms with E-state index in [1.165, 1.54) is 0 Å². The van der Waals surface area contributed by atoms with Crippen LogP contribution < -0.4 is 10.6 Å². The summed E-state index contributed by atoms with van der Waals surface area (Å²) in [6.07, 6.45) is 2.42. The van der Waals surface area contributed by atoms with Crippen LogP contribution >= 0.6 is 11.8 Å². The van der Waals surface area contributed by atoms with E-state index >= 15 is 0 Å². The number of thioether (sulfide) groups is 1. The first-order chi connectivity index (χ1) is 13.5. The molecule has 1 aliphatic rings. The summed E-state index contributed by atoms with van der Waals surface area (Å²) in [6.45, 7) is 4.64. The summed E-state index contributed by atoms with van der Waals surface area (Å²) in [5, 5.41) is 5.62. The lowest BCUT2D eigenvalue weighted by Gasteiger charge is -2.13. The molecule has 6 heteroatoms. The third-order valence-corrected chi connectivity index (χ3v) is 5.94. The SMILES string of the molecule is Cc1cccc(C)c1NC(=O)CNC(=O)c1ccccc1SCC1CCCO1. The van der Waals surface area contributed by atoms with E-state index in [1.54, 1.807) is 17.8 Å². The van der Waals surface area contributed by atoms with Crippen molar-refractivity contribution in [1.29, 1.82) is 0 Å². The van der Waals surface area contributed by atoms with E-state index in [-0.39, 0.29) is 24.5 Å². The van der Waals surface area contributed by atoms with Gasteiger partial charge in [-0.1, -0.05) is 30.3 Å². The van der Waals surface area contributed by atoms with E-state index in [0.717, 1.165) is 46.9 Å². The van der Waals surface area contributed by atoms with Crippen LogP contribution in [0.5, 0.6) is 0 Å². The number of nitrogens with one attached hydrogen (secondary N) is 2. The molecule has 0 bridgehead atoms. The van der Waals surface area contributed by atoms with Crippen molar-refractivity contribution in [3.63, 3.8) is 0 Å². The van der Waals surface area contributed by atoms with Crippen LogP contribution in [0.15, 0.2) is 47.4 Å². The number of hydrogen-bond acceptors (Lipinski definition) is 4. The summed E-state index contributed by atoms with van der Waals surface area (Å²) in [4.78, 5) is 25.8. The van der Waals surface area contributed by atoms with E-state index in [2.05, 4.69) is 10.6 Å². The van der Waals surface area contributed by atoms with Crippen molar-refractivity contribution in [3.05, 3.63) is 59.2 Å². The van der Waals surface area contributed by atoms with E-state index < -0.39 is 0 Å².